The number of carbonyl (C=O) groups is 1. The summed E-state index contributed by atoms with van der Waals surface area (Å²) in [6.07, 6.45) is 11.4. The summed E-state index contributed by atoms with van der Waals surface area (Å²) in [4.78, 5) is 10.8. The third-order valence-electron chi connectivity index (χ3n) is 6.09. The monoisotopic (exact) mass is 448 g/mol. The van der Waals surface area contributed by atoms with Crippen molar-refractivity contribution in [3.8, 4) is 0 Å². The van der Waals surface area contributed by atoms with Crippen LogP contribution in [0.1, 0.15) is 82.8 Å². The molecular formula is C25H40O5Si. The van der Waals surface area contributed by atoms with E-state index in [0.717, 1.165) is 23.9 Å². The molecule has 2 rings (SSSR count). The van der Waals surface area contributed by atoms with E-state index < -0.39 is 14.8 Å². The van der Waals surface area contributed by atoms with Crippen LogP contribution in [0.15, 0.2) is 30.3 Å². The standard InChI is InChI=1S/C25H40O5Si/c1-4-28-31(29-5-2,30-6-3)19-8-7-10-21-13-16-23(17-14-21)24-12-9-11-22(20-24)15-18-25(26)27/h9,11-12,15,18,20-21,23H,4-8,10,13-14,16-17,19H2,1-3H3,(H,26,27)/b18-15+/t21-,23-. The predicted molar refractivity (Wildman–Crippen MR) is 127 cm³/mol. The normalized spacial score (nSPS) is 19.7. The Kier molecular flexibility index (Phi) is 11.5. The minimum absolute atomic E-state index is 0.586. The molecule has 0 amide bonds. The van der Waals surface area contributed by atoms with Gasteiger partial charge in [-0.15, -0.1) is 0 Å². The first-order chi connectivity index (χ1) is 15.0. The van der Waals surface area contributed by atoms with Crippen molar-refractivity contribution in [3.63, 3.8) is 0 Å². The molecule has 1 aliphatic carbocycles. The van der Waals surface area contributed by atoms with Crippen LogP contribution in [0.5, 0.6) is 0 Å². The Morgan fingerprint density at radius 3 is 2.26 bits per heavy atom. The van der Waals surface area contributed by atoms with Crippen LogP contribution < -0.4 is 0 Å². The van der Waals surface area contributed by atoms with Crippen LogP contribution in [0, 0.1) is 5.92 Å². The number of unbranched alkanes of at least 4 members (excludes halogenated alkanes) is 1. The second-order valence-corrected chi connectivity index (χ2v) is 11.0. The lowest BCUT2D eigenvalue weighted by Gasteiger charge is -2.30. The van der Waals surface area contributed by atoms with Crippen molar-refractivity contribution in [2.24, 2.45) is 5.92 Å². The van der Waals surface area contributed by atoms with Crippen molar-refractivity contribution in [1.29, 1.82) is 0 Å². The van der Waals surface area contributed by atoms with Gasteiger partial charge >= 0.3 is 14.8 Å². The molecule has 0 aromatic heterocycles. The Balaban J connectivity index is 1.77. The molecule has 0 bridgehead atoms. The largest absolute Gasteiger partial charge is 0.500 e. The zero-order valence-electron chi connectivity index (χ0n) is 19.5. The van der Waals surface area contributed by atoms with Crippen LogP contribution in [0.2, 0.25) is 6.04 Å². The van der Waals surface area contributed by atoms with E-state index in [1.54, 1.807) is 6.08 Å². The third kappa shape index (κ3) is 8.89. The number of aliphatic carboxylic acids is 1. The summed E-state index contributed by atoms with van der Waals surface area (Å²) in [6.45, 7) is 7.96. The maximum atomic E-state index is 10.8. The topological polar surface area (TPSA) is 65.0 Å². The van der Waals surface area contributed by atoms with Crippen molar-refractivity contribution in [2.75, 3.05) is 19.8 Å². The highest BCUT2D eigenvalue weighted by molar-refractivity contribution is 6.60. The van der Waals surface area contributed by atoms with E-state index in [-0.39, 0.29) is 0 Å². The molecule has 6 heteroatoms. The highest BCUT2D eigenvalue weighted by Gasteiger charge is 2.39. The highest BCUT2D eigenvalue weighted by Crippen LogP contribution is 2.38. The summed E-state index contributed by atoms with van der Waals surface area (Å²) in [6, 6.07) is 9.24. The predicted octanol–water partition coefficient (Wildman–Crippen LogP) is 6.28. The van der Waals surface area contributed by atoms with Crippen LogP contribution in [-0.4, -0.2) is 39.7 Å². The van der Waals surface area contributed by atoms with Crippen molar-refractivity contribution < 1.29 is 23.2 Å². The molecule has 1 aromatic rings. The first kappa shape index (κ1) is 25.8. The minimum atomic E-state index is -2.50. The van der Waals surface area contributed by atoms with E-state index >= 15 is 0 Å². The average Bonchev–Trinajstić information content (AvgIpc) is 2.76. The quantitative estimate of drug-likeness (QED) is 0.206. The second-order valence-electron chi connectivity index (χ2n) is 8.29. The fraction of sp³-hybridized carbons (Fsp3) is 0.640. The van der Waals surface area contributed by atoms with Crippen LogP contribution >= 0.6 is 0 Å². The molecule has 0 saturated heterocycles. The van der Waals surface area contributed by atoms with E-state index in [0.29, 0.717) is 25.7 Å². The van der Waals surface area contributed by atoms with Gasteiger partial charge in [0.15, 0.2) is 0 Å². The summed E-state index contributed by atoms with van der Waals surface area (Å²) in [5.74, 6) is 0.478. The van der Waals surface area contributed by atoms with Crippen molar-refractivity contribution >= 4 is 20.8 Å². The number of carboxylic acids is 1. The van der Waals surface area contributed by atoms with E-state index in [2.05, 4.69) is 12.1 Å². The lowest BCUT2D eigenvalue weighted by atomic mass is 9.77. The van der Waals surface area contributed by atoms with Gasteiger partial charge < -0.3 is 18.4 Å². The van der Waals surface area contributed by atoms with Gasteiger partial charge in [-0.1, -0.05) is 37.1 Å². The lowest BCUT2D eigenvalue weighted by Crippen LogP contribution is -2.45. The summed E-state index contributed by atoms with van der Waals surface area (Å²) in [5, 5.41) is 8.83. The summed E-state index contributed by atoms with van der Waals surface area (Å²) >= 11 is 0. The molecule has 0 aliphatic heterocycles. The van der Waals surface area contributed by atoms with Crippen LogP contribution in [0.25, 0.3) is 6.08 Å². The first-order valence-electron chi connectivity index (χ1n) is 11.9. The molecule has 0 atom stereocenters. The Morgan fingerprint density at radius 1 is 1.03 bits per heavy atom. The smallest absolute Gasteiger partial charge is 0.478 e. The molecule has 1 saturated carbocycles. The van der Waals surface area contributed by atoms with Crippen LogP contribution in [0.4, 0.5) is 0 Å². The number of hydrogen-bond donors (Lipinski definition) is 1. The first-order valence-corrected chi connectivity index (χ1v) is 13.9. The number of benzene rings is 1. The molecule has 1 fully saturated rings. The number of hydrogen-bond acceptors (Lipinski definition) is 4. The van der Waals surface area contributed by atoms with E-state index in [9.17, 15) is 4.79 Å². The molecule has 1 aliphatic rings. The van der Waals surface area contributed by atoms with Crippen molar-refractivity contribution in [1.82, 2.24) is 0 Å². The van der Waals surface area contributed by atoms with Gasteiger partial charge in [-0.2, -0.15) is 0 Å². The molecular weight excluding hydrogens is 408 g/mol. The van der Waals surface area contributed by atoms with Crippen LogP contribution in [-0.2, 0) is 18.1 Å². The van der Waals surface area contributed by atoms with Crippen molar-refractivity contribution in [3.05, 3.63) is 41.5 Å². The Hall–Kier alpha value is -1.47. The molecule has 0 spiro atoms. The molecule has 1 N–H and O–H groups in total. The lowest BCUT2D eigenvalue weighted by molar-refractivity contribution is -0.131. The van der Waals surface area contributed by atoms with E-state index in [4.69, 9.17) is 18.4 Å². The Bertz CT molecular complexity index is 665. The molecule has 174 valence electrons. The van der Waals surface area contributed by atoms with Gasteiger partial charge in [0.1, 0.15) is 0 Å². The van der Waals surface area contributed by atoms with Gasteiger partial charge in [-0.05, 0) is 81.9 Å². The zero-order chi connectivity index (χ0) is 22.5. The second kappa shape index (κ2) is 13.8. The molecule has 5 nitrogen and oxygen atoms in total. The molecule has 0 unspecified atom stereocenters. The molecule has 0 radical (unpaired) electrons. The molecule has 1 aromatic carbocycles. The molecule has 31 heavy (non-hydrogen) atoms. The highest BCUT2D eigenvalue weighted by atomic mass is 28.4. The van der Waals surface area contributed by atoms with Crippen LogP contribution in [0.3, 0.4) is 0 Å². The number of carboxylic acid groups (broad SMARTS) is 1. The summed E-state index contributed by atoms with van der Waals surface area (Å²) in [5.41, 5.74) is 2.31. The van der Waals surface area contributed by atoms with Gasteiger partial charge in [-0.25, -0.2) is 4.79 Å². The Morgan fingerprint density at radius 2 is 1.68 bits per heavy atom. The minimum Gasteiger partial charge on any atom is -0.478 e. The third-order valence-corrected chi connectivity index (χ3v) is 9.24. The van der Waals surface area contributed by atoms with E-state index in [1.165, 1.54) is 50.2 Å². The summed E-state index contributed by atoms with van der Waals surface area (Å²) in [7, 11) is -2.50. The zero-order valence-corrected chi connectivity index (χ0v) is 20.5. The van der Waals surface area contributed by atoms with Gasteiger partial charge in [-0.3, -0.25) is 0 Å². The van der Waals surface area contributed by atoms with Gasteiger partial charge in [0, 0.05) is 31.9 Å². The molecule has 0 heterocycles. The fourth-order valence-corrected chi connectivity index (χ4v) is 7.33. The van der Waals surface area contributed by atoms with E-state index in [1.807, 2.05) is 32.9 Å². The number of rotatable bonds is 14. The van der Waals surface area contributed by atoms with Gasteiger partial charge in [0.25, 0.3) is 0 Å². The fourth-order valence-electron chi connectivity index (χ4n) is 4.64. The maximum Gasteiger partial charge on any atom is 0.500 e. The Labute approximate surface area is 189 Å². The summed E-state index contributed by atoms with van der Waals surface area (Å²) < 4.78 is 17.9. The average molecular weight is 449 g/mol. The maximum absolute atomic E-state index is 10.8. The van der Waals surface area contributed by atoms with Gasteiger partial charge in [0.05, 0.1) is 0 Å². The van der Waals surface area contributed by atoms with Gasteiger partial charge in [0.2, 0.25) is 0 Å². The van der Waals surface area contributed by atoms with Crippen molar-refractivity contribution in [2.45, 2.75) is 77.7 Å². The SMILES string of the molecule is CCO[Si](CCCC[C@H]1CC[C@H](c2cccc(/C=C/C(=O)O)c2)CC1)(OCC)OCC.